The molecule has 0 aliphatic carbocycles. The monoisotopic (exact) mass is 505 g/mol. The van der Waals surface area contributed by atoms with Crippen LogP contribution < -0.4 is 16.8 Å². The number of carbonyl (C=O) groups excluding carboxylic acids is 3. The van der Waals surface area contributed by atoms with E-state index in [2.05, 4.69) is 20.0 Å². The first-order valence-corrected chi connectivity index (χ1v) is 11.1. The number of ether oxygens (including phenoxy) is 3. The summed E-state index contributed by atoms with van der Waals surface area (Å²) in [5.74, 6) is -0.415. The van der Waals surface area contributed by atoms with Gasteiger partial charge in [0.1, 0.15) is 17.9 Å². The van der Waals surface area contributed by atoms with E-state index in [9.17, 15) is 14.4 Å². The Labute approximate surface area is 212 Å². The van der Waals surface area contributed by atoms with Crippen LogP contribution in [0.1, 0.15) is 32.1 Å². The van der Waals surface area contributed by atoms with Gasteiger partial charge in [0.2, 0.25) is 0 Å². The van der Waals surface area contributed by atoms with Crippen molar-refractivity contribution in [2.75, 3.05) is 25.7 Å². The van der Waals surface area contributed by atoms with Crippen molar-refractivity contribution in [3.8, 4) is 0 Å². The number of hydrogen-bond acceptors (Lipinski definition) is 9. The number of aromatic nitrogens is 2. The summed E-state index contributed by atoms with van der Waals surface area (Å²) in [6, 6.07) is 19.4. The molecule has 0 aliphatic rings. The summed E-state index contributed by atoms with van der Waals surface area (Å²) in [6.07, 6.45) is -0.544. The predicted octanol–water partition coefficient (Wildman–Crippen LogP) is 3.41. The summed E-state index contributed by atoms with van der Waals surface area (Å²) in [5.41, 5.74) is 14.4. The van der Waals surface area contributed by atoms with E-state index in [1.807, 2.05) is 30.3 Å². The van der Waals surface area contributed by atoms with Crippen LogP contribution in [-0.4, -0.2) is 42.2 Å². The summed E-state index contributed by atoms with van der Waals surface area (Å²) >= 11 is 0. The van der Waals surface area contributed by atoms with Gasteiger partial charge in [-0.3, -0.25) is 0 Å². The van der Waals surface area contributed by atoms with Gasteiger partial charge >= 0.3 is 18.0 Å². The maximum atomic E-state index is 11.8. The number of nitrogens with two attached hydrogens (primary N) is 2. The summed E-state index contributed by atoms with van der Waals surface area (Å²) in [7, 11) is 2.62. The van der Waals surface area contributed by atoms with Gasteiger partial charge in [-0.1, -0.05) is 42.5 Å². The van der Waals surface area contributed by atoms with Gasteiger partial charge in [-0.2, -0.15) is 0 Å². The number of alkyl carbamates (subject to hydrolysis) is 1. The third-order valence-corrected chi connectivity index (χ3v) is 5.13. The highest BCUT2D eigenvalue weighted by atomic mass is 16.5. The summed E-state index contributed by atoms with van der Waals surface area (Å²) in [5, 5.41) is 2.62. The summed E-state index contributed by atoms with van der Waals surface area (Å²) in [4.78, 5) is 42.0. The van der Waals surface area contributed by atoms with E-state index in [0.717, 1.165) is 5.56 Å². The highest BCUT2D eigenvalue weighted by Crippen LogP contribution is 2.20. The molecule has 1 heterocycles. The molecule has 0 saturated heterocycles. The fraction of sp³-hybridized carbons (Fsp3) is 0.154. The van der Waals surface area contributed by atoms with Crippen molar-refractivity contribution >= 4 is 40.4 Å². The van der Waals surface area contributed by atoms with Gasteiger partial charge in [0, 0.05) is 0 Å². The number of nitrogens with zero attached hydrogens (tertiary/aromatic N) is 1. The number of hydrogen-bond donors (Lipinski definition) is 4. The second-order valence-electron chi connectivity index (χ2n) is 7.59. The molecule has 3 aromatic carbocycles. The van der Waals surface area contributed by atoms with Gasteiger partial charge in [0.05, 0.1) is 48.8 Å². The Hall–Kier alpha value is -5.06. The van der Waals surface area contributed by atoms with Crippen molar-refractivity contribution in [3.05, 3.63) is 89.2 Å². The molecule has 1 amide bonds. The summed E-state index contributed by atoms with van der Waals surface area (Å²) in [6.45, 7) is 0.349. The minimum Gasteiger partial charge on any atom is -0.465 e. The Morgan fingerprint density at radius 2 is 1.51 bits per heavy atom. The number of rotatable bonds is 6. The maximum Gasteiger partial charge on any atom is 0.407 e. The number of imidazole rings is 1. The number of fused-ring (bicyclic) bond motifs is 1. The molecule has 0 bridgehead atoms. The van der Waals surface area contributed by atoms with Crippen LogP contribution in [0.3, 0.4) is 0 Å². The molecule has 0 fully saturated rings. The van der Waals surface area contributed by atoms with Crippen molar-refractivity contribution in [2.45, 2.75) is 13.2 Å². The van der Waals surface area contributed by atoms with E-state index >= 15 is 0 Å². The third-order valence-electron chi connectivity index (χ3n) is 5.13. The van der Waals surface area contributed by atoms with Crippen LogP contribution in [0.15, 0.2) is 66.7 Å². The first-order valence-electron chi connectivity index (χ1n) is 11.1. The Morgan fingerprint density at radius 3 is 2.22 bits per heavy atom. The van der Waals surface area contributed by atoms with Gasteiger partial charge in [-0.25, -0.2) is 19.4 Å². The molecule has 0 radical (unpaired) electrons. The van der Waals surface area contributed by atoms with E-state index in [1.54, 1.807) is 36.4 Å². The van der Waals surface area contributed by atoms with Gasteiger partial charge in [-0.05, 0) is 29.8 Å². The minimum atomic E-state index is -0.544. The minimum absolute atomic E-state index is 0.156. The molecule has 6 N–H and O–H groups in total. The lowest BCUT2D eigenvalue weighted by atomic mass is 10.1. The topological polar surface area (TPSA) is 172 Å². The number of benzene rings is 3. The lowest BCUT2D eigenvalue weighted by Crippen LogP contribution is -2.24. The number of H-pyrrole nitrogens is 1. The van der Waals surface area contributed by atoms with Gasteiger partial charge in [-0.15, -0.1) is 0 Å². The zero-order chi connectivity index (χ0) is 26.8. The second-order valence-corrected chi connectivity index (χ2v) is 7.59. The molecule has 11 heteroatoms. The van der Waals surface area contributed by atoms with Crippen molar-refractivity contribution in [1.82, 2.24) is 15.3 Å². The van der Waals surface area contributed by atoms with Crippen LogP contribution in [0, 0.1) is 0 Å². The second kappa shape index (κ2) is 12.6. The molecule has 0 spiro atoms. The normalized spacial score (nSPS) is 10.1. The molecular weight excluding hydrogens is 478 g/mol. The Balaban J connectivity index is 0.000000266. The van der Waals surface area contributed by atoms with Gasteiger partial charge in [0.25, 0.3) is 0 Å². The van der Waals surface area contributed by atoms with Crippen molar-refractivity contribution in [3.63, 3.8) is 0 Å². The number of nitrogen functional groups attached to an aromatic ring is 2. The zero-order valence-electron chi connectivity index (χ0n) is 20.3. The highest BCUT2D eigenvalue weighted by Gasteiger charge is 2.14. The Bertz CT molecular complexity index is 1390. The Morgan fingerprint density at radius 1 is 0.865 bits per heavy atom. The predicted molar refractivity (Wildman–Crippen MR) is 138 cm³/mol. The van der Waals surface area contributed by atoms with Crippen molar-refractivity contribution in [1.29, 1.82) is 0 Å². The number of aromatic amines is 1. The lowest BCUT2D eigenvalue weighted by Gasteiger charge is -2.05. The fourth-order valence-corrected chi connectivity index (χ4v) is 3.24. The average Bonchev–Trinajstić information content (AvgIpc) is 3.35. The third kappa shape index (κ3) is 6.98. The van der Waals surface area contributed by atoms with Crippen LogP contribution in [0.25, 0.3) is 11.0 Å². The zero-order valence-corrected chi connectivity index (χ0v) is 20.3. The molecule has 37 heavy (non-hydrogen) atoms. The van der Waals surface area contributed by atoms with E-state index in [4.69, 9.17) is 20.9 Å². The first kappa shape index (κ1) is 26.5. The van der Waals surface area contributed by atoms with Gasteiger partial charge < -0.3 is 36.0 Å². The SMILES string of the molecule is COC(=O)c1cccc(N)c1N.COC(=O)c1cccc2[nH]c(CNC(=O)OCc3ccccc3)nc12. The van der Waals surface area contributed by atoms with Crippen LogP contribution in [-0.2, 0) is 27.4 Å². The highest BCUT2D eigenvalue weighted by molar-refractivity contribution is 6.02. The van der Waals surface area contributed by atoms with Crippen LogP contribution >= 0.6 is 0 Å². The molecule has 0 saturated carbocycles. The van der Waals surface area contributed by atoms with E-state index < -0.39 is 18.0 Å². The first-order chi connectivity index (χ1) is 17.8. The standard InChI is InChI=1S/C18H17N3O4.C8H10N2O2/c1-24-17(22)13-8-5-9-14-16(13)21-15(20-14)10-19-18(23)25-11-12-6-3-2-4-7-12;1-12-8(11)5-3-2-4-6(9)7(5)10/h2-9H,10-11H2,1H3,(H,19,23)(H,20,21);2-4H,9-10H2,1H3. The number of carbonyl (C=O) groups is 3. The van der Waals surface area contributed by atoms with E-state index in [-0.39, 0.29) is 18.8 Å². The number of amides is 1. The largest absolute Gasteiger partial charge is 0.465 e. The smallest absolute Gasteiger partial charge is 0.407 e. The molecule has 0 unspecified atom stereocenters. The lowest BCUT2D eigenvalue weighted by molar-refractivity contribution is 0.0593. The molecule has 1 aromatic heterocycles. The average molecular weight is 506 g/mol. The van der Waals surface area contributed by atoms with E-state index in [0.29, 0.717) is 33.7 Å². The van der Waals surface area contributed by atoms with Crippen molar-refractivity contribution in [2.24, 2.45) is 0 Å². The fourth-order valence-electron chi connectivity index (χ4n) is 3.24. The number of anilines is 2. The molecule has 4 rings (SSSR count). The number of para-hydroxylation sites is 2. The van der Waals surface area contributed by atoms with Crippen molar-refractivity contribution < 1.29 is 28.6 Å². The quantitative estimate of drug-likeness (QED) is 0.174. The van der Waals surface area contributed by atoms with Gasteiger partial charge in [0.15, 0.2) is 0 Å². The molecule has 4 aromatic rings. The maximum absolute atomic E-state index is 11.8. The van der Waals surface area contributed by atoms with E-state index in [1.165, 1.54) is 14.2 Å². The number of esters is 2. The number of methoxy groups -OCH3 is 2. The molecule has 0 aliphatic heterocycles. The van der Waals surface area contributed by atoms with Crippen LogP contribution in [0.5, 0.6) is 0 Å². The number of nitrogens with one attached hydrogen (secondary N) is 2. The molecule has 11 nitrogen and oxygen atoms in total. The Kier molecular flexibility index (Phi) is 9.03. The van der Waals surface area contributed by atoms with Crippen LogP contribution in [0.4, 0.5) is 16.2 Å². The summed E-state index contributed by atoms with van der Waals surface area (Å²) < 4.78 is 14.4. The van der Waals surface area contributed by atoms with Crippen LogP contribution in [0.2, 0.25) is 0 Å². The molecule has 192 valence electrons. The molecular formula is C26H27N5O6. The molecule has 0 atom stereocenters.